The van der Waals surface area contributed by atoms with E-state index >= 15 is 0 Å². The number of hydrogen-bond donors (Lipinski definition) is 0. The first kappa shape index (κ1) is 14.2. The lowest BCUT2D eigenvalue weighted by Crippen LogP contribution is -2.38. The molecule has 1 unspecified atom stereocenters. The summed E-state index contributed by atoms with van der Waals surface area (Å²) >= 11 is 0. The predicted molar refractivity (Wildman–Crippen MR) is 69.3 cm³/mol. The van der Waals surface area contributed by atoms with Crippen LogP contribution >= 0.6 is 0 Å². The van der Waals surface area contributed by atoms with Crippen LogP contribution in [0.1, 0.15) is 31.7 Å². The Hall–Kier alpha value is -1.83. The summed E-state index contributed by atoms with van der Waals surface area (Å²) in [6.07, 6.45) is 4.75. The third-order valence-corrected chi connectivity index (χ3v) is 3.07. The second kappa shape index (κ2) is 6.20. The molecule has 5 nitrogen and oxygen atoms in total. The Balaban J connectivity index is 3.02. The average Bonchev–Trinajstić information content (AvgIpc) is 2.37. The summed E-state index contributed by atoms with van der Waals surface area (Å²) < 4.78 is 2.47. The summed E-state index contributed by atoms with van der Waals surface area (Å²) in [5.41, 5.74) is -0.108. The van der Waals surface area contributed by atoms with Crippen LogP contribution in [0, 0.1) is 17.2 Å². The third kappa shape index (κ3) is 3.10. The number of nitriles is 1. The smallest absolute Gasteiger partial charge is 0.303 e. The maximum atomic E-state index is 11.9. The van der Waals surface area contributed by atoms with Crippen molar-refractivity contribution in [3.8, 4) is 6.07 Å². The lowest BCUT2D eigenvalue weighted by atomic mass is 9.97. The second-order valence-corrected chi connectivity index (χ2v) is 4.58. The Labute approximate surface area is 106 Å². The molecule has 0 amide bonds. The topological polar surface area (TPSA) is 67.8 Å². The van der Waals surface area contributed by atoms with E-state index in [1.54, 1.807) is 13.2 Å². The molecule has 0 aliphatic rings. The lowest BCUT2D eigenvalue weighted by molar-refractivity contribution is 0.550. The fourth-order valence-corrected chi connectivity index (χ4v) is 1.95. The molecule has 1 aromatic rings. The highest BCUT2D eigenvalue weighted by atomic mass is 16.2. The zero-order valence-corrected chi connectivity index (χ0v) is 11.1. The minimum Gasteiger partial charge on any atom is -0.303 e. The molecule has 1 rings (SSSR count). The quantitative estimate of drug-likeness (QED) is 0.780. The van der Waals surface area contributed by atoms with Crippen molar-refractivity contribution >= 4 is 0 Å². The fraction of sp³-hybridized carbons (Fsp3) is 0.615. The fourth-order valence-electron chi connectivity index (χ4n) is 1.95. The molecule has 1 aromatic heterocycles. The molecule has 1 atom stereocenters. The molecular weight excluding hydrogens is 230 g/mol. The Kier molecular flexibility index (Phi) is 4.90. The van der Waals surface area contributed by atoms with Crippen molar-refractivity contribution in [3.63, 3.8) is 0 Å². The first-order valence-electron chi connectivity index (χ1n) is 6.16. The molecule has 0 aliphatic carbocycles. The van der Waals surface area contributed by atoms with Crippen molar-refractivity contribution in [2.45, 2.75) is 32.6 Å². The molecule has 0 bridgehead atoms. The minimum absolute atomic E-state index is 0.157. The molecule has 1 heterocycles. The molecule has 0 spiro atoms. The van der Waals surface area contributed by atoms with Crippen molar-refractivity contribution in [2.75, 3.05) is 0 Å². The van der Waals surface area contributed by atoms with E-state index in [4.69, 9.17) is 5.26 Å². The van der Waals surface area contributed by atoms with Gasteiger partial charge in [-0.1, -0.05) is 19.8 Å². The van der Waals surface area contributed by atoms with Gasteiger partial charge in [0.1, 0.15) is 0 Å². The van der Waals surface area contributed by atoms with Crippen molar-refractivity contribution < 1.29 is 0 Å². The number of aryl methyl sites for hydroxylation is 1. The highest BCUT2D eigenvalue weighted by molar-refractivity contribution is 5.09. The maximum absolute atomic E-state index is 11.9. The van der Waals surface area contributed by atoms with Gasteiger partial charge in [-0.15, -0.1) is 0 Å². The highest BCUT2D eigenvalue weighted by Crippen LogP contribution is 2.11. The van der Waals surface area contributed by atoms with Gasteiger partial charge in [-0.05, 0) is 12.8 Å². The molecule has 0 aliphatic heterocycles. The van der Waals surface area contributed by atoms with Crippen LogP contribution < -0.4 is 11.2 Å². The van der Waals surface area contributed by atoms with Crippen molar-refractivity contribution in [1.29, 1.82) is 5.26 Å². The summed E-state index contributed by atoms with van der Waals surface area (Å²) in [4.78, 5) is 23.4. The molecule has 0 fully saturated rings. The van der Waals surface area contributed by atoms with Crippen molar-refractivity contribution in [2.24, 2.45) is 20.0 Å². The van der Waals surface area contributed by atoms with Crippen LogP contribution in [0.25, 0.3) is 0 Å². The van der Waals surface area contributed by atoms with E-state index in [9.17, 15) is 9.59 Å². The lowest BCUT2D eigenvalue weighted by Gasteiger charge is -2.10. The van der Waals surface area contributed by atoms with Crippen LogP contribution in [0.5, 0.6) is 0 Å². The standard InChI is InChI=1S/C13H19N3O2/c1-4-5-6-10(8-14)7-11-9-15(2)13(18)16(3)12(11)17/h9-10H,4-7H2,1-3H3. The molecule has 0 aromatic carbocycles. The Bertz CT molecular complexity index is 563. The van der Waals surface area contributed by atoms with Crippen LogP contribution in [0.4, 0.5) is 0 Å². The van der Waals surface area contributed by atoms with Crippen LogP contribution in [0.3, 0.4) is 0 Å². The van der Waals surface area contributed by atoms with Crippen molar-refractivity contribution in [3.05, 3.63) is 32.6 Å². The van der Waals surface area contributed by atoms with Gasteiger partial charge in [0, 0.05) is 25.9 Å². The van der Waals surface area contributed by atoms with Gasteiger partial charge in [0.05, 0.1) is 12.0 Å². The Morgan fingerprint density at radius 1 is 1.39 bits per heavy atom. The number of hydrogen-bond acceptors (Lipinski definition) is 3. The summed E-state index contributed by atoms with van der Waals surface area (Å²) in [7, 11) is 3.07. The Morgan fingerprint density at radius 3 is 2.61 bits per heavy atom. The summed E-state index contributed by atoms with van der Waals surface area (Å²) in [6.45, 7) is 2.07. The minimum atomic E-state index is -0.342. The zero-order chi connectivity index (χ0) is 13.7. The van der Waals surface area contributed by atoms with Crippen molar-refractivity contribution in [1.82, 2.24) is 9.13 Å². The van der Waals surface area contributed by atoms with E-state index < -0.39 is 0 Å². The Morgan fingerprint density at radius 2 is 2.06 bits per heavy atom. The average molecular weight is 249 g/mol. The van der Waals surface area contributed by atoms with Gasteiger partial charge in [-0.25, -0.2) is 4.79 Å². The first-order chi connectivity index (χ1) is 8.51. The monoisotopic (exact) mass is 249 g/mol. The maximum Gasteiger partial charge on any atom is 0.330 e. The van der Waals surface area contributed by atoms with Crippen LogP contribution in [-0.4, -0.2) is 9.13 Å². The van der Waals surface area contributed by atoms with E-state index in [0.29, 0.717) is 12.0 Å². The molecule has 0 saturated carbocycles. The van der Waals surface area contributed by atoms with Gasteiger partial charge in [-0.2, -0.15) is 5.26 Å². The van der Waals surface area contributed by atoms with E-state index in [1.807, 2.05) is 0 Å². The van der Waals surface area contributed by atoms with Gasteiger partial charge >= 0.3 is 5.69 Å². The van der Waals surface area contributed by atoms with E-state index in [0.717, 1.165) is 23.8 Å². The molecular formula is C13H19N3O2. The molecule has 98 valence electrons. The number of rotatable bonds is 5. The van der Waals surface area contributed by atoms with Gasteiger partial charge < -0.3 is 4.57 Å². The van der Waals surface area contributed by atoms with Crippen LogP contribution in [0.2, 0.25) is 0 Å². The molecule has 18 heavy (non-hydrogen) atoms. The molecule has 0 saturated heterocycles. The van der Waals surface area contributed by atoms with E-state index in [2.05, 4.69) is 13.0 Å². The normalized spacial score (nSPS) is 12.1. The second-order valence-electron chi connectivity index (χ2n) is 4.58. The van der Waals surface area contributed by atoms with E-state index in [1.165, 1.54) is 11.6 Å². The zero-order valence-electron chi connectivity index (χ0n) is 11.1. The van der Waals surface area contributed by atoms with Crippen LogP contribution in [0.15, 0.2) is 15.8 Å². The van der Waals surface area contributed by atoms with Gasteiger partial charge in [0.15, 0.2) is 0 Å². The molecule has 5 heteroatoms. The van der Waals surface area contributed by atoms with Gasteiger partial charge in [0.25, 0.3) is 5.56 Å². The summed E-state index contributed by atoms with van der Waals surface area (Å²) in [6, 6.07) is 2.23. The predicted octanol–water partition coefficient (Wildman–Crippen LogP) is 0.956. The number of unbranched alkanes of at least 4 members (excludes halogenated alkanes) is 1. The number of nitrogens with zero attached hydrogens (tertiary/aromatic N) is 3. The van der Waals surface area contributed by atoms with Gasteiger partial charge in [0.2, 0.25) is 0 Å². The highest BCUT2D eigenvalue weighted by Gasteiger charge is 2.13. The molecule has 0 N–H and O–H groups in total. The number of aromatic nitrogens is 2. The first-order valence-corrected chi connectivity index (χ1v) is 6.16. The SMILES string of the molecule is CCCCC(C#N)Cc1cn(C)c(=O)n(C)c1=O. The van der Waals surface area contributed by atoms with E-state index in [-0.39, 0.29) is 17.2 Å². The summed E-state index contributed by atoms with van der Waals surface area (Å²) in [5.74, 6) is -0.157. The third-order valence-electron chi connectivity index (χ3n) is 3.07. The molecule has 0 radical (unpaired) electrons. The summed E-state index contributed by atoms with van der Waals surface area (Å²) in [5, 5.41) is 9.07. The largest absolute Gasteiger partial charge is 0.330 e. The van der Waals surface area contributed by atoms with Crippen LogP contribution in [-0.2, 0) is 20.5 Å². The van der Waals surface area contributed by atoms with Gasteiger partial charge in [-0.3, -0.25) is 9.36 Å².